The summed E-state index contributed by atoms with van der Waals surface area (Å²) in [6, 6.07) is 3.82. The Labute approximate surface area is 122 Å². The molecule has 0 aromatic carbocycles. The molecule has 20 heavy (non-hydrogen) atoms. The second-order valence-electron chi connectivity index (χ2n) is 6.15. The molecular formula is C15H18N2O2S. The van der Waals surface area contributed by atoms with Crippen molar-refractivity contribution in [1.29, 1.82) is 0 Å². The van der Waals surface area contributed by atoms with Gasteiger partial charge in [-0.25, -0.2) is 4.98 Å². The van der Waals surface area contributed by atoms with Crippen LogP contribution in [-0.2, 0) is 13.0 Å². The number of carbonyl (C=O) groups is 1. The van der Waals surface area contributed by atoms with E-state index in [-0.39, 0.29) is 11.2 Å². The van der Waals surface area contributed by atoms with Gasteiger partial charge >= 0.3 is 0 Å². The summed E-state index contributed by atoms with van der Waals surface area (Å²) >= 11 is 1.50. The second-order valence-corrected chi connectivity index (χ2v) is 7.13. The molecule has 1 aliphatic carbocycles. The van der Waals surface area contributed by atoms with E-state index in [2.05, 4.69) is 18.8 Å². The van der Waals surface area contributed by atoms with E-state index in [1.807, 2.05) is 24.1 Å². The van der Waals surface area contributed by atoms with Gasteiger partial charge in [-0.2, -0.15) is 0 Å². The summed E-state index contributed by atoms with van der Waals surface area (Å²) in [6.07, 6.45) is 3.16. The van der Waals surface area contributed by atoms with Crippen LogP contribution in [0.1, 0.15) is 41.4 Å². The summed E-state index contributed by atoms with van der Waals surface area (Å²) in [5.74, 6) is 1.12. The monoisotopic (exact) mass is 290 g/mol. The quantitative estimate of drug-likeness (QED) is 0.867. The van der Waals surface area contributed by atoms with Crippen LogP contribution >= 0.6 is 11.3 Å². The molecule has 0 spiro atoms. The Hall–Kier alpha value is -1.62. The molecule has 0 bridgehead atoms. The third kappa shape index (κ3) is 2.50. The van der Waals surface area contributed by atoms with Gasteiger partial charge in [0.1, 0.15) is 5.76 Å². The molecule has 2 heterocycles. The van der Waals surface area contributed by atoms with Gasteiger partial charge in [0.15, 0.2) is 10.9 Å². The molecule has 0 radical (unpaired) electrons. The topological polar surface area (TPSA) is 46.3 Å². The number of hydrogen-bond acceptors (Lipinski definition) is 5. The zero-order valence-corrected chi connectivity index (χ0v) is 12.8. The number of rotatable bonds is 3. The maximum atomic E-state index is 12.2. The van der Waals surface area contributed by atoms with E-state index >= 15 is 0 Å². The fourth-order valence-electron chi connectivity index (χ4n) is 2.57. The third-order valence-electron chi connectivity index (χ3n) is 3.52. The van der Waals surface area contributed by atoms with E-state index in [1.54, 1.807) is 6.26 Å². The number of ketones is 1. The number of Topliss-reactive ketones (excluding diaryl/α,β-unsaturated/α-hetero) is 1. The van der Waals surface area contributed by atoms with Crippen molar-refractivity contribution in [2.45, 2.75) is 33.2 Å². The van der Waals surface area contributed by atoms with Crippen molar-refractivity contribution in [3.05, 3.63) is 34.7 Å². The van der Waals surface area contributed by atoms with Crippen molar-refractivity contribution in [1.82, 2.24) is 4.98 Å². The molecule has 0 unspecified atom stereocenters. The molecule has 0 fully saturated rings. The van der Waals surface area contributed by atoms with Crippen LogP contribution in [0.2, 0.25) is 0 Å². The largest absolute Gasteiger partial charge is 0.467 e. The number of aromatic nitrogens is 1. The molecule has 0 amide bonds. The average Bonchev–Trinajstić information content (AvgIpc) is 2.96. The van der Waals surface area contributed by atoms with Crippen LogP contribution in [0.3, 0.4) is 0 Å². The number of thiazole rings is 1. The van der Waals surface area contributed by atoms with Gasteiger partial charge in [0, 0.05) is 13.5 Å². The van der Waals surface area contributed by atoms with Crippen LogP contribution in [-0.4, -0.2) is 17.8 Å². The van der Waals surface area contributed by atoms with E-state index in [9.17, 15) is 4.79 Å². The fraction of sp³-hybridized carbons (Fsp3) is 0.467. The van der Waals surface area contributed by atoms with Crippen LogP contribution in [0, 0.1) is 5.41 Å². The number of fused-ring (bicyclic) bond motifs is 1. The average molecular weight is 290 g/mol. The summed E-state index contributed by atoms with van der Waals surface area (Å²) < 4.78 is 5.35. The van der Waals surface area contributed by atoms with Crippen molar-refractivity contribution in [2.75, 3.05) is 11.9 Å². The van der Waals surface area contributed by atoms with Gasteiger partial charge in [-0.15, -0.1) is 0 Å². The predicted octanol–water partition coefficient (Wildman–Crippen LogP) is 3.53. The van der Waals surface area contributed by atoms with Gasteiger partial charge in [0.05, 0.1) is 23.4 Å². The minimum absolute atomic E-state index is 0.0228. The van der Waals surface area contributed by atoms with Gasteiger partial charge in [0.25, 0.3) is 0 Å². The van der Waals surface area contributed by atoms with Gasteiger partial charge in [-0.3, -0.25) is 4.79 Å². The standard InChI is InChI=1S/C15H18N2O2S/c1-15(2)7-11-13(12(18)8-15)20-14(16-11)17(3)9-10-5-4-6-19-10/h4-6H,7-9H2,1-3H3. The Morgan fingerprint density at radius 1 is 1.45 bits per heavy atom. The maximum absolute atomic E-state index is 12.2. The highest BCUT2D eigenvalue weighted by molar-refractivity contribution is 7.17. The third-order valence-corrected chi connectivity index (χ3v) is 4.78. The Bertz CT molecular complexity index is 628. The molecule has 3 rings (SSSR count). The van der Waals surface area contributed by atoms with E-state index in [0.29, 0.717) is 13.0 Å². The first-order valence-corrected chi connectivity index (χ1v) is 7.53. The zero-order valence-electron chi connectivity index (χ0n) is 12.0. The van der Waals surface area contributed by atoms with E-state index in [1.165, 1.54) is 11.3 Å². The molecular weight excluding hydrogens is 272 g/mol. The summed E-state index contributed by atoms with van der Waals surface area (Å²) in [7, 11) is 1.97. The zero-order chi connectivity index (χ0) is 14.3. The van der Waals surface area contributed by atoms with Crippen molar-refractivity contribution in [3.63, 3.8) is 0 Å². The Balaban J connectivity index is 1.84. The minimum Gasteiger partial charge on any atom is -0.467 e. The van der Waals surface area contributed by atoms with Crippen LogP contribution < -0.4 is 4.90 Å². The van der Waals surface area contributed by atoms with Gasteiger partial charge in [0.2, 0.25) is 0 Å². The maximum Gasteiger partial charge on any atom is 0.186 e. The lowest BCUT2D eigenvalue weighted by Gasteiger charge is -2.26. The molecule has 1 aliphatic rings. The second kappa shape index (κ2) is 4.74. The fourth-order valence-corrected chi connectivity index (χ4v) is 3.56. The van der Waals surface area contributed by atoms with Crippen LogP contribution in [0.5, 0.6) is 0 Å². The van der Waals surface area contributed by atoms with Crippen molar-refractivity contribution in [2.24, 2.45) is 5.41 Å². The minimum atomic E-state index is 0.0228. The first kappa shape index (κ1) is 13.4. The normalized spacial score (nSPS) is 17.1. The highest BCUT2D eigenvalue weighted by atomic mass is 32.1. The summed E-state index contributed by atoms with van der Waals surface area (Å²) in [4.78, 5) is 19.7. The lowest BCUT2D eigenvalue weighted by Crippen LogP contribution is -2.26. The number of carbonyl (C=O) groups excluding carboxylic acids is 1. The van der Waals surface area contributed by atoms with Crippen LogP contribution in [0.4, 0.5) is 5.13 Å². The van der Waals surface area contributed by atoms with Crippen molar-refractivity contribution >= 4 is 22.3 Å². The van der Waals surface area contributed by atoms with E-state index in [0.717, 1.165) is 27.9 Å². The summed E-state index contributed by atoms with van der Waals surface area (Å²) in [5.41, 5.74) is 0.979. The molecule has 4 nitrogen and oxygen atoms in total. The molecule has 2 aromatic heterocycles. The highest BCUT2D eigenvalue weighted by Gasteiger charge is 2.34. The number of hydrogen-bond donors (Lipinski definition) is 0. The Morgan fingerprint density at radius 2 is 2.25 bits per heavy atom. The molecule has 0 atom stereocenters. The number of furan rings is 1. The number of anilines is 1. The van der Waals surface area contributed by atoms with Crippen LogP contribution in [0.15, 0.2) is 22.8 Å². The molecule has 0 saturated heterocycles. The van der Waals surface area contributed by atoms with Crippen molar-refractivity contribution < 1.29 is 9.21 Å². The Kier molecular flexibility index (Phi) is 3.17. The van der Waals surface area contributed by atoms with Gasteiger partial charge in [-0.1, -0.05) is 25.2 Å². The molecule has 106 valence electrons. The summed E-state index contributed by atoms with van der Waals surface area (Å²) in [6.45, 7) is 4.91. The Morgan fingerprint density at radius 3 is 2.95 bits per heavy atom. The molecule has 0 saturated carbocycles. The lowest BCUT2D eigenvalue weighted by molar-refractivity contribution is 0.0916. The van der Waals surface area contributed by atoms with Crippen molar-refractivity contribution in [3.8, 4) is 0 Å². The first-order chi connectivity index (χ1) is 9.44. The van der Waals surface area contributed by atoms with E-state index in [4.69, 9.17) is 4.42 Å². The lowest BCUT2D eigenvalue weighted by atomic mass is 9.78. The molecule has 0 N–H and O–H groups in total. The van der Waals surface area contributed by atoms with Gasteiger partial charge < -0.3 is 9.32 Å². The SMILES string of the molecule is CN(Cc1ccco1)c1nc2c(s1)C(=O)CC(C)(C)C2. The van der Waals surface area contributed by atoms with E-state index < -0.39 is 0 Å². The number of nitrogens with zero attached hydrogens (tertiary/aromatic N) is 2. The summed E-state index contributed by atoms with van der Waals surface area (Å²) in [5, 5.41) is 0.887. The first-order valence-electron chi connectivity index (χ1n) is 6.71. The molecule has 2 aromatic rings. The highest BCUT2D eigenvalue weighted by Crippen LogP contribution is 2.39. The smallest absolute Gasteiger partial charge is 0.186 e. The predicted molar refractivity (Wildman–Crippen MR) is 79.4 cm³/mol. The molecule has 0 aliphatic heterocycles. The molecule has 5 heteroatoms. The van der Waals surface area contributed by atoms with Crippen LogP contribution in [0.25, 0.3) is 0 Å². The van der Waals surface area contributed by atoms with Gasteiger partial charge in [-0.05, 0) is 24.0 Å².